The van der Waals surface area contributed by atoms with Crippen molar-refractivity contribution in [3.63, 3.8) is 0 Å². The normalized spacial score (nSPS) is 16.0. The number of halogens is 2. The molecule has 1 heterocycles. The van der Waals surface area contributed by atoms with Crippen molar-refractivity contribution in [1.29, 1.82) is 0 Å². The molecule has 1 aromatic heterocycles. The molecule has 0 saturated carbocycles. The zero-order valence-corrected chi connectivity index (χ0v) is 5.94. The predicted octanol–water partition coefficient (Wildman–Crippen LogP) is 2.29. The number of nitrogens with zero attached hydrogens (tertiary/aromatic N) is 1. The summed E-state index contributed by atoms with van der Waals surface area (Å²) in [6.07, 6.45) is 0. The minimum Gasteiger partial charge on any atom is -0.225 e. The van der Waals surface area contributed by atoms with E-state index in [4.69, 9.17) is 4.11 Å². The van der Waals surface area contributed by atoms with Crippen LogP contribution in [0.4, 0.5) is 4.39 Å². The predicted molar refractivity (Wildman–Crippen MR) is 36.6 cm³/mol. The maximum atomic E-state index is 12.6. The molecule has 9 heavy (non-hydrogen) atoms. The highest BCUT2D eigenvalue weighted by molar-refractivity contribution is 9.10. The van der Waals surface area contributed by atoms with Crippen LogP contribution in [-0.4, -0.2) is 4.98 Å². The number of pyridine rings is 1. The highest BCUT2D eigenvalue weighted by Gasteiger charge is 1.93. The summed E-state index contributed by atoms with van der Waals surface area (Å²) in [5.74, 6) is -0.796. The number of hydrogen-bond acceptors (Lipinski definition) is 1. The van der Waals surface area contributed by atoms with Crippen molar-refractivity contribution in [2.75, 3.05) is 0 Å². The second-order valence-electron chi connectivity index (χ2n) is 1.49. The minimum atomic E-state index is -2.36. The molecule has 0 atom stereocenters. The van der Waals surface area contributed by atoms with Crippen molar-refractivity contribution in [1.82, 2.24) is 4.98 Å². The second-order valence-corrected chi connectivity index (χ2v) is 2.41. The van der Waals surface area contributed by atoms with Crippen LogP contribution in [0.25, 0.3) is 0 Å². The van der Waals surface area contributed by atoms with Gasteiger partial charge in [-0.3, -0.25) is 0 Å². The van der Waals surface area contributed by atoms with Gasteiger partial charge in [0.2, 0.25) is 5.95 Å². The van der Waals surface area contributed by atoms with Gasteiger partial charge in [0.15, 0.2) is 0 Å². The van der Waals surface area contributed by atoms with Gasteiger partial charge in [0, 0.05) is 20.3 Å². The third-order valence-corrected chi connectivity index (χ3v) is 1.22. The largest absolute Gasteiger partial charge is 0.225 e. The van der Waals surface area contributed by atoms with Crippen LogP contribution in [0.3, 0.4) is 0 Å². The molecule has 1 aromatic rings. The molecular weight excluding hydrogens is 185 g/mol. The summed E-state index contributed by atoms with van der Waals surface area (Å²) in [4.78, 5) is 3.25. The first-order valence-corrected chi connectivity index (χ1v) is 3.02. The second kappa shape index (κ2) is 2.43. The van der Waals surface area contributed by atoms with Crippen LogP contribution in [0.15, 0.2) is 16.6 Å². The van der Waals surface area contributed by atoms with Gasteiger partial charge in [0.05, 0.1) is 0 Å². The van der Waals surface area contributed by atoms with Crippen LogP contribution in [0.2, 0.25) is 0 Å². The Bertz CT molecular complexity index is 279. The fourth-order valence-corrected chi connectivity index (χ4v) is 0.871. The highest BCUT2D eigenvalue weighted by Crippen LogP contribution is 2.10. The Morgan fingerprint density at radius 3 is 3.11 bits per heavy atom. The maximum absolute atomic E-state index is 12.6. The average molecular weight is 193 g/mol. The molecule has 0 amide bonds. The Hall–Kier alpha value is -0.440. The van der Waals surface area contributed by atoms with Crippen LogP contribution < -0.4 is 0 Å². The smallest absolute Gasteiger partial charge is 0.214 e. The van der Waals surface area contributed by atoms with Crippen molar-refractivity contribution in [3.05, 3.63) is 28.2 Å². The quantitative estimate of drug-likeness (QED) is 0.576. The summed E-state index contributed by atoms with van der Waals surface area (Å²) in [6.45, 7) is -2.36. The summed E-state index contributed by atoms with van der Waals surface area (Å²) in [5, 5.41) is 0. The Kier molecular flexibility index (Phi) is 0.990. The molecule has 0 aliphatic carbocycles. The number of aromatic nitrogens is 1. The van der Waals surface area contributed by atoms with E-state index in [2.05, 4.69) is 20.9 Å². The Balaban J connectivity index is 3.18. The van der Waals surface area contributed by atoms with E-state index in [1.165, 1.54) is 6.07 Å². The van der Waals surface area contributed by atoms with Gasteiger partial charge in [-0.2, -0.15) is 4.39 Å². The molecule has 48 valence electrons. The first-order valence-electron chi connectivity index (χ1n) is 3.73. The van der Waals surface area contributed by atoms with Gasteiger partial charge in [0.25, 0.3) is 0 Å². The standard InChI is InChI=1S/C6H5BrFN/c1-4-2-5(7)3-6(8)9-4/h2-3H,1H3/i1D3. The highest BCUT2D eigenvalue weighted by atomic mass is 79.9. The van der Waals surface area contributed by atoms with Crippen LogP contribution in [0, 0.1) is 12.8 Å². The van der Waals surface area contributed by atoms with Crippen LogP contribution >= 0.6 is 15.9 Å². The maximum Gasteiger partial charge on any atom is 0.214 e. The molecule has 0 N–H and O–H groups in total. The van der Waals surface area contributed by atoms with Gasteiger partial charge in [-0.05, 0) is 12.9 Å². The number of aryl methyl sites for hydroxylation is 1. The molecule has 0 spiro atoms. The van der Waals surface area contributed by atoms with Crippen molar-refractivity contribution >= 4 is 15.9 Å². The van der Waals surface area contributed by atoms with Gasteiger partial charge in [-0.1, -0.05) is 15.9 Å². The summed E-state index contributed by atoms with van der Waals surface area (Å²) < 4.78 is 33.8. The van der Waals surface area contributed by atoms with Gasteiger partial charge in [-0.25, -0.2) is 4.98 Å². The van der Waals surface area contributed by atoms with E-state index in [0.717, 1.165) is 6.07 Å². The Labute approximate surface area is 65.3 Å². The van der Waals surface area contributed by atoms with Crippen LogP contribution in [0.5, 0.6) is 0 Å². The van der Waals surface area contributed by atoms with E-state index in [9.17, 15) is 4.39 Å². The molecule has 3 heteroatoms. The zero-order chi connectivity index (χ0) is 9.35. The van der Waals surface area contributed by atoms with Crippen molar-refractivity contribution in [2.24, 2.45) is 0 Å². The van der Waals surface area contributed by atoms with E-state index < -0.39 is 12.8 Å². The Morgan fingerprint density at radius 1 is 1.78 bits per heavy atom. The van der Waals surface area contributed by atoms with Crippen molar-refractivity contribution < 1.29 is 8.50 Å². The molecule has 0 fully saturated rings. The summed E-state index contributed by atoms with van der Waals surface area (Å²) in [5.41, 5.74) is -0.241. The Morgan fingerprint density at radius 2 is 2.56 bits per heavy atom. The molecule has 1 rings (SSSR count). The molecule has 0 radical (unpaired) electrons. The summed E-state index contributed by atoms with van der Waals surface area (Å²) >= 11 is 2.98. The minimum absolute atomic E-state index is 0.241. The fraction of sp³-hybridized carbons (Fsp3) is 0.167. The monoisotopic (exact) mass is 192 g/mol. The number of hydrogen-bond donors (Lipinski definition) is 0. The van der Waals surface area contributed by atoms with E-state index in [1.807, 2.05) is 0 Å². The molecule has 0 bridgehead atoms. The zero-order valence-electron chi connectivity index (χ0n) is 7.36. The third kappa shape index (κ3) is 1.75. The van der Waals surface area contributed by atoms with E-state index >= 15 is 0 Å². The molecule has 0 aliphatic rings. The van der Waals surface area contributed by atoms with Crippen LogP contribution in [-0.2, 0) is 0 Å². The van der Waals surface area contributed by atoms with Crippen molar-refractivity contribution in [3.8, 4) is 0 Å². The van der Waals surface area contributed by atoms with Gasteiger partial charge >= 0.3 is 0 Å². The van der Waals surface area contributed by atoms with E-state index in [0.29, 0.717) is 4.47 Å². The molecule has 0 unspecified atom stereocenters. The molecule has 0 aromatic carbocycles. The van der Waals surface area contributed by atoms with E-state index in [1.54, 1.807) is 0 Å². The lowest BCUT2D eigenvalue weighted by Crippen LogP contribution is -1.84. The molecular formula is C6H5BrFN. The first kappa shape index (κ1) is 3.66. The summed E-state index contributed by atoms with van der Waals surface area (Å²) in [6, 6.07) is 2.38. The molecule has 0 saturated heterocycles. The van der Waals surface area contributed by atoms with Gasteiger partial charge in [-0.15, -0.1) is 0 Å². The topological polar surface area (TPSA) is 12.9 Å². The fourth-order valence-electron chi connectivity index (χ4n) is 0.466. The summed E-state index contributed by atoms with van der Waals surface area (Å²) in [7, 11) is 0. The average Bonchev–Trinajstić information content (AvgIpc) is 1.82. The number of rotatable bonds is 0. The van der Waals surface area contributed by atoms with Crippen molar-refractivity contribution in [2.45, 2.75) is 6.85 Å². The third-order valence-electron chi connectivity index (χ3n) is 0.759. The molecule has 1 nitrogen and oxygen atoms in total. The lowest BCUT2D eigenvalue weighted by molar-refractivity contribution is 0.579. The van der Waals surface area contributed by atoms with Gasteiger partial charge in [0.1, 0.15) is 0 Å². The van der Waals surface area contributed by atoms with Gasteiger partial charge < -0.3 is 0 Å². The SMILES string of the molecule is [2H]C([2H])([2H])c1cc(Br)cc(F)n1. The lowest BCUT2D eigenvalue weighted by atomic mass is 10.4. The van der Waals surface area contributed by atoms with E-state index in [-0.39, 0.29) is 5.69 Å². The first-order chi connectivity index (χ1) is 5.39. The van der Waals surface area contributed by atoms with Crippen LogP contribution in [0.1, 0.15) is 9.81 Å². The lowest BCUT2D eigenvalue weighted by Gasteiger charge is -1.91. The molecule has 0 aliphatic heterocycles.